The van der Waals surface area contributed by atoms with Gasteiger partial charge in [0.1, 0.15) is 0 Å². The Morgan fingerprint density at radius 3 is 1.86 bits per heavy atom. The summed E-state index contributed by atoms with van der Waals surface area (Å²) in [7, 11) is 0. The van der Waals surface area contributed by atoms with Crippen molar-refractivity contribution in [2.75, 3.05) is 0 Å². The molecule has 0 aliphatic carbocycles. The summed E-state index contributed by atoms with van der Waals surface area (Å²) in [6.07, 6.45) is 6.80. The number of aliphatic carboxylic acids is 2. The molecule has 1 amide bonds. The van der Waals surface area contributed by atoms with Crippen LogP contribution in [0.4, 0.5) is 0 Å². The molecule has 0 bridgehead atoms. The third-order valence-corrected chi connectivity index (χ3v) is 3.00. The zero-order valence-corrected chi connectivity index (χ0v) is 18.0. The first-order valence-corrected chi connectivity index (χ1v) is 7.17. The molecule has 0 aromatic carbocycles. The van der Waals surface area contributed by atoms with Gasteiger partial charge in [0.2, 0.25) is 5.91 Å². The summed E-state index contributed by atoms with van der Waals surface area (Å²) in [5.74, 6) is -3.61. The van der Waals surface area contributed by atoms with E-state index in [9.17, 15) is 24.6 Å². The van der Waals surface area contributed by atoms with Crippen molar-refractivity contribution in [2.45, 2.75) is 70.8 Å². The topological polar surface area (TPSA) is 109 Å². The van der Waals surface area contributed by atoms with E-state index in [1.807, 2.05) is 0 Å². The van der Waals surface area contributed by atoms with E-state index in [4.69, 9.17) is 0 Å². The van der Waals surface area contributed by atoms with Gasteiger partial charge in [0.15, 0.2) is 0 Å². The van der Waals surface area contributed by atoms with Crippen molar-refractivity contribution in [3.63, 3.8) is 0 Å². The maximum absolute atomic E-state index is 11.5. The van der Waals surface area contributed by atoms with E-state index < -0.39 is 30.3 Å². The first kappa shape index (κ1) is 27.3. The summed E-state index contributed by atoms with van der Waals surface area (Å²) in [5.41, 5.74) is 0. The Balaban J connectivity index is -0.00000180. The molecule has 0 spiro atoms. The molecule has 0 rings (SSSR count). The summed E-state index contributed by atoms with van der Waals surface area (Å²) in [6, 6.07) is -1.52. The van der Waals surface area contributed by atoms with Gasteiger partial charge >= 0.3 is 59.1 Å². The number of rotatable bonds is 12. The summed E-state index contributed by atoms with van der Waals surface area (Å²) in [4.78, 5) is 32.4. The number of hydrogen-bond donors (Lipinski definition) is 1. The Labute approximate surface area is 176 Å². The molecule has 0 saturated carbocycles. The van der Waals surface area contributed by atoms with E-state index >= 15 is 0 Å². The van der Waals surface area contributed by atoms with Crippen molar-refractivity contribution >= 4 is 17.8 Å². The number of hydrogen-bond acceptors (Lipinski definition) is 5. The first-order chi connectivity index (χ1) is 9.47. The molecule has 0 radical (unpaired) electrons. The van der Waals surface area contributed by atoms with Crippen LogP contribution in [0.25, 0.3) is 0 Å². The maximum atomic E-state index is 11.5. The van der Waals surface area contributed by atoms with Gasteiger partial charge in [0, 0.05) is 18.8 Å². The van der Waals surface area contributed by atoms with Crippen molar-refractivity contribution in [3.05, 3.63) is 0 Å². The van der Waals surface area contributed by atoms with Gasteiger partial charge in [-0.05, 0) is 6.42 Å². The van der Waals surface area contributed by atoms with Crippen LogP contribution in [0.1, 0.15) is 64.7 Å². The van der Waals surface area contributed by atoms with Gasteiger partial charge in [-0.2, -0.15) is 0 Å². The minimum absolute atomic E-state index is 0. The molecular formula is C14H23NNa2O5. The quantitative estimate of drug-likeness (QED) is 0.282. The van der Waals surface area contributed by atoms with E-state index in [1.54, 1.807) is 0 Å². The Morgan fingerprint density at radius 1 is 0.909 bits per heavy atom. The molecule has 22 heavy (non-hydrogen) atoms. The number of carbonyl (C=O) groups excluding carboxylic acids is 3. The fourth-order valence-corrected chi connectivity index (χ4v) is 1.87. The van der Waals surface area contributed by atoms with Gasteiger partial charge in [0.25, 0.3) is 0 Å². The third-order valence-electron chi connectivity index (χ3n) is 3.00. The van der Waals surface area contributed by atoms with Crippen molar-refractivity contribution < 1.29 is 83.7 Å². The van der Waals surface area contributed by atoms with Gasteiger partial charge in [-0.25, -0.2) is 0 Å². The van der Waals surface area contributed by atoms with Gasteiger partial charge in [-0.1, -0.05) is 45.4 Å². The maximum Gasteiger partial charge on any atom is 1.00 e. The van der Waals surface area contributed by atoms with Gasteiger partial charge in [-0.3, -0.25) is 4.79 Å². The minimum atomic E-state index is -1.61. The SMILES string of the molecule is CCCCCCCCCC(=O)N[C@H](CC(=O)[O-])C(=O)[O-].[Na+].[Na+]. The van der Waals surface area contributed by atoms with Crippen molar-refractivity contribution in [3.8, 4) is 0 Å². The largest absolute Gasteiger partial charge is 1.00 e. The van der Waals surface area contributed by atoms with Crippen LogP contribution < -0.4 is 74.6 Å². The summed E-state index contributed by atoms with van der Waals surface area (Å²) >= 11 is 0. The van der Waals surface area contributed by atoms with E-state index in [1.165, 1.54) is 19.3 Å². The molecule has 1 N–H and O–H groups in total. The molecule has 0 unspecified atom stereocenters. The van der Waals surface area contributed by atoms with Crippen LogP contribution >= 0.6 is 0 Å². The second-order valence-electron chi connectivity index (χ2n) is 4.89. The van der Waals surface area contributed by atoms with Crippen LogP contribution in [0.15, 0.2) is 0 Å². The van der Waals surface area contributed by atoms with Crippen LogP contribution in [0, 0.1) is 0 Å². The molecule has 0 aliphatic heterocycles. The molecule has 0 heterocycles. The standard InChI is InChI=1S/C14H25NO5.2Na/c1-2-3-4-5-6-7-8-9-12(16)15-11(14(19)20)10-13(17)18;;/h11H,2-10H2,1H3,(H,15,16)(H,17,18)(H,19,20);;/q;2*+1/p-2/t11-;;/m1../s1. The Bertz CT molecular complexity index is 326. The molecule has 0 fully saturated rings. The zero-order valence-electron chi connectivity index (χ0n) is 14.0. The van der Waals surface area contributed by atoms with Crippen LogP contribution in [-0.4, -0.2) is 23.9 Å². The van der Waals surface area contributed by atoms with E-state index in [0.717, 1.165) is 19.3 Å². The molecule has 0 aromatic rings. The average Bonchev–Trinajstić information content (AvgIpc) is 2.36. The Kier molecular flexibility index (Phi) is 22.0. The van der Waals surface area contributed by atoms with E-state index in [-0.39, 0.29) is 65.5 Å². The Morgan fingerprint density at radius 2 is 1.41 bits per heavy atom. The molecular weight excluding hydrogens is 308 g/mol. The predicted octanol–water partition coefficient (Wildman–Crippen LogP) is -6.49. The van der Waals surface area contributed by atoms with Crippen LogP contribution in [0.2, 0.25) is 0 Å². The first-order valence-electron chi connectivity index (χ1n) is 7.17. The van der Waals surface area contributed by atoms with Crippen molar-refractivity contribution in [2.24, 2.45) is 0 Å². The monoisotopic (exact) mass is 331 g/mol. The average molecular weight is 331 g/mol. The fourth-order valence-electron chi connectivity index (χ4n) is 1.87. The molecule has 116 valence electrons. The molecule has 0 saturated heterocycles. The molecule has 1 atom stereocenters. The van der Waals surface area contributed by atoms with Gasteiger partial charge < -0.3 is 25.1 Å². The number of carboxylic acids is 2. The minimum Gasteiger partial charge on any atom is -0.550 e. The van der Waals surface area contributed by atoms with Crippen LogP contribution in [-0.2, 0) is 14.4 Å². The van der Waals surface area contributed by atoms with Crippen molar-refractivity contribution in [1.29, 1.82) is 0 Å². The van der Waals surface area contributed by atoms with E-state index in [0.29, 0.717) is 6.42 Å². The fraction of sp³-hybridized carbons (Fsp3) is 0.786. The number of carbonyl (C=O) groups is 3. The second kappa shape index (κ2) is 17.8. The summed E-state index contributed by atoms with van der Waals surface area (Å²) < 4.78 is 0. The van der Waals surface area contributed by atoms with Gasteiger partial charge in [-0.15, -0.1) is 0 Å². The molecule has 6 nitrogen and oxygen atoms in total. The summed E-state index contributed by atoms with van der Waals surface area (Å²) in [5, 5.41) is 23.1. The van der Waals surface area contributed by atoms with Gasteiger partial charge in [0.05, 0.1) is 12.0 Å². The smallest absolute Gasteiger partial charge is 0.550 e. The number of carboxylic acid groups (broad SMARTS) is 2. The number of nitrogens with one attached hydrogen (secondary N) is 1. The van der Waals surface area contributed by atoms with Crippen LogP contribution in [0.5, 0.6) is 0 Å². The number of amides is 1. The molecule has 8 heteroatoms. The number of unbranched alkanes of at least 4 members (excludes halogenated alkanes) is 6. The second-order valence-corrected chi connectivity index (χ2v) is 4.89. The Hall–Kier alpha value is 0.410. The van der Waals surface area contributed by atoms with E-state index in [2.05, 4.69) is 12.2 Å². The molecule has 0 aliphatic rings. The summed E-state index contributed by atoms with van der Waals surface area (Å²) in [6.45, 7) is 2.14. The zero-order chi connectivity index (χ0) is 15.4. The third kappa shape index (κ3) is 16.8. The van der Waals surface area contributed by atoms with Crippen molar-refractivity contribution in [1.82, 2.24) is 5.32 Å². The van der Waals surface area contributed by atoms with Crippen LogP contribution in [0.3, 0.4) is 0 Å². The predicted molar refractivity (Wildman–Crippen MR) is 69.2 cm³/mol. The normalized spacial score (nSPS) is 10.8. The molecule has 0 aromatic heterocycles.